The van der Waals surface area contributed by atoms with Crippen molar-refractivity contribution in [1.29, 1.82) is 0 Å². The molecule has 2 aliphatic rings. The normalized spacial score (nSPS) is 18.2. The molecule has 0 saturated carbocycles. The van der Waals surface area contributed by atoms with E-state index >= 15 is 0 Å². The molecule has 3 heterocycles. The number of anilines is 1. The topological polar surface area (TPSA) is 74.8 Å². The van der Waals surface area contributed by atoms with Crippen molar-refractivity contribution in [2.24, 2.45) is 0 Å². The smallest absolute Gasteiger partial charge is 0.258 e. The van der Waals surface area contributed by atoms with Gasteiger partial charge in [-0.25, -0.2) is 0 Å². The van der Waals surface area contributed by atoms with Gasteiger partial charge in [-0.05, 0) is 55.3 Å². The molecule has 32 heavy (non-hydrogen) atoms. The maximum absolute atomic E-state index is 13.4. The van der Waals surface area contributed by atoms with E-state index in [4.69, 9.17) is 4.74 Å². The fourth-order valence-electron chi connectivity index (χ4n) is 4.33. The van der Waals surface area contributed by atoms with Gasteiger partial charge in [0, 0.05) is 55.4 Å². The largest absolute Gasteiger partial charge is 0.378 e. The number of morpholine rings is 1. The molecule has 2 aromatic rings. The Hall–Kier alpha value is -2.77. The lowest BCUT2D eigenvalue weighted by atomic mass is 10.0. The first-order valence-corrected chi connectivity index (χ1v) is 11.7. The Kier molecular flexibility index (Phi) is 7.85. The maximum Gasteiger partial charge on any atom is 0.258 e. The highest BCUT2D eigenvalue weighted by molar-refractivity contribution is 6.06. The molecule has 0 bridgehead atoms. The minimum atomic E-state index is -0.0297. The summed E-state index contributed by atoms with van der Waals surface area (Å²) in [7, 11) is 0. The number of aromatic nitrogens is 1. The van der Waals surface area contributed by atoms with Gasteiger partial charge in [0.25, 0.3) is 11.8 Å². The van der Waals surface area contributed by atoms with Crippen molar-refractivity contribution >= 4 is 17.5 Å². The molecule has 7 nitrogen and oxygen atoms in total. The van der Waals surface area contributed by atoms with Gasteiger partial charge in [0.2, 0.25) is 0 Å². The third kappa shape index (κ3) is 5.53. The van der Waals surface area contributed by atoms with E-state index in [-0.39, 0.29) is 11.8 Å². The van der Waals surface area contributed by atoms with Crippen LogP contribution in [0.25, 0.3) is 0 Å². The van der Waals surface area contributed by atoms with Gasteiger partial charge in [0.15, 0.2) is 0 Å². The highest BCUT2D eigenvalue weighted by atomic mass is 16.5. The summed E-state index contributed by atoms with van der Waals surface area (Å²) in [5.74, 6) is -0.00723. The number of hydrogen-bond donors (Lipinski definition) is 1. The molecular formula is C25H32N4O3. The van der Waals surface area contributed by atoms with Crippen molar-refractivity contribution < 1.29 is 14.3 Å². The number of fused-ring (bicyclic) bond motifs is 1. The van der Waals surface area contributed by atoms with Crippen LogP contribution < -0.4 is 10.2 Å². The summed E-state index contributed by atoms with van der Waals surface area (Å²) in [5, 5.41) is 3.51. The van der Waals surface area contributed by atoms with Crippen LogP contribution in [0, 0.1) is 0 Å². The lowest BCUT2D eigenvalue weighted by Crippen LogP contribution is -2.40. The maximum atomic E-state index is 13.4. The van der Waals surface area contributed by atoms with Gasteiger partial charge >= 0.3 is 0 Å². The van der Waals surface area contributed by atoms with Crippen molar-refractivity contribution in [2.75, 3.05) is 44.3 Å². The molecule has 2 aliphatic heterocycles. The monoisotopic (exact) mass is 436 g/mol. The number of ether oxygens (including phenoxy) is 1. The van der Waals surface area contributed by atoms with E-state index in [1.54, 1.807) is 24.5 Å². The molecule has 0 unspecified atom stereocenters. The molecule has 1 fully saturated rings. The van der Waals surface area contributed by atoms with Crippen LogP contribution in [0.2, 0.25) is 0 Å². The van der Waals surface area contributed by atoms with E-state index in [2.05, 4.69) is 10.3 Å². The third-order valence-corrected chi connectivity index (χ3v) is 6.14. The first-order valence-electron chi connectivity index (χ1n) is 11.7. The van der Waals surface area contributed by atoms with E-state index in [0.717, 1.165) is 37.1 Å². The summed E-state index contributed by atoms with van der Waals surface area (Å²) in [4.78, 5) is 34.3. The summed E-state index contributed by atoms with van der Waals surface area (Å²) in [6, 6.07) is 9.27. The Labute approximate surface area is 189 Å². The quantitative estimate of drug-likeness (QED) is 0.782. The Bertz CT molecular complexity index is 913. The molecule has 1 N–H and O–H groups in total. The van der Waals surface area contributed by atoms with E-state index in [0.29, 0.717) is 50.5 Å². The molecule has 0 radical (unpaired) electrons. The van der Waals surface area contributed by atoms with Crippen LogP contribution in [-0.4, -0.2) is 61.1 Å². The number of nitrogens with one attached hydrogen (secondary N) is 1. The second-order valence-electron chi connectivity index (χ2n) is 8.39. The van der Waals surface area contributed by atoms with Crippen molar-refractivity contribution in [3.63, 3.8) is 0 Å². The van der Waals surface area contributed by atoms with E-state index in [1.807, 2.05) is 28.0 Å². The van der Waals surface area contributed by atoms with E-state index in [9.17, 15) is 9.59 Å². The molecular weight excluding hydrogens is 404 g/mol. The van der Waals surface area contributed by atoms with Crippen LogP contribution in [-0.2, 0) is 11.3 Å². The summed E-state index contributed by atoms with van der Waals surface area (Å²) >= 11 is 0. The van der Waals surface area contributed by atoms with Gasteiger partial charge in [-0.3, -0.25) is 14.6 Å². The molecule has 2 amide bonds. The third-order valence-electron chi connectivity index (χ3n) is 6.14. The summed E-state index contributed by atoms with van der Waals surface area (Å²) in [6.45, 7) is 4.59. The second kappa shape index (κ2) is 11.2. The Morgan fingerprint density at radius 2 is 1.59 bits per heavy atom. The van der Waals surface area contributed by atoms with Gasteiger partial charge in [0.05, 0.1) is 13.2 Å². The van der Waals surface area contributed by atoms with Crippen molar-refractivity contribution in [3.05, 3.63) is 59.4 Å². The van der Waals surface area contributed by atoms with Crippen molar-refractivity contribution in [3.8, 4) is 0 Å². The lowest BCUT2D eigenvalue weighted by Gasteiger charge is -2.29. The number of amides is 2. The first kappa shape index (κ1) is 22.4. The zero-order chi connectivity index (χ0) is 22.2. The summed E-state index contributed by atoms with van der Waals surface area (Å²) < 4.78 is 5.38. The average molecular weight is 437 g/mol. The first-order chi connectivity index (χ1) is 15.7. The highest BCUT2D eigenvalue weighted by Gasteiger charge is 2.23. The number of hydrogen-bond acceptors (Lipinski definition) is 5. The molecule has 1 saturated heterocycles. The average Bonchev–Trinajstić information content (AvgIpc) is 2.85. The van der Waals surface area contributed by atoms with Crippen LogP contribution in [0.5, 0.6) is 0 Å². The van der Waals surface area contributed by atoms with Crippen LogP contribution in [0.15, 0.2) is 42.7 Å². The standard InChI is InChI=1S/C25H32N4O3/c30-24(28-14-16-32-17-15-28)21-6-7-23-22(18-21)19-27-10-4-2-1-3-5-13-29(23)25(31)20-8-11-26-12-9-20/h6-9,11-12,18,27H,1-5,10,13-17,19H2. The fourth-order valence-corrected chi connectivity index (χ4v) is 4.33. The lowest BCUT2D eigenvalue weighted by molar-refractivity contribution is 0.0303. The van der Waals surface area contributed by atoms with E-state index < -0.39 is 0 Å². The second-order valence-corrected chi connectivity index (χ2v) is 8.39. The van der Waals surface area contributed by atoms with Crippen LogP contribution in [0.3, 0.4) is 0 Å². The van der Waals surface area contributed by atoms with Crippen LogP contribution in [0.1, 0.15) is 58.4 Å². The number of rotatable bonds is 2. The molecule has 0 aliphatic carbocycles. The van der Waals surface area contributed by atoms with E-state index in [1.165, 1.54) is 12.8 Å². The zero-order valence-corrected chi connectivity index (χ0v) is 18.6. The summed E-state index contributed by atoms with van der Waals surface area (Å²) in [5.41, 5.74) is 3.14. The minimum absolute atomic E-state index is 0.0224. The number of nitrogens with zero attached hydrogens (tertiary/aromatic N) is 3. The fraction of sp³-hybridized carbons (Fsp3) is 0.480. The zero-order valence-electron chi connectivity index (χ0n) is 18.6. The minimum Gasteiger partial charge on any atom is -0.378 e. The Balaban J connectivity index is 1.66. The molecule has 170 valence electrons. The van der Waals surface area contributed by atoms with Crippen LogP contribution in [0.4, 0.5) is 5.69 Å². The molecule has 7 heteroatoms. The van der Waals surface area contributed by atoms with Crippen LogP contribution >= 0.6 is 0 Å². The number of benzene rings is 1. The predicted molar refractivity (Wildman–Crippen MR) is 124 cm³/mol. The molecule has 4 rings (SSSR count). The molecule has 1 aromatic heterocycles. The van der Waals surface area contributed by atoms with Gasteiger partial charge in [-0.15, -0.1) is 0 Å². The highest BCUT2D eigenvalue weighted by Crippen LogP contribution is 2.26. The predicted octanol–water partition coefficient (Wildman–Crippen LogP) is 3.25. The number of carbonyl (C=O) groups is 2. The molecule has 0 spiro atoms. The Morgan fingerprint density at radius 3 is 2.41 bits per heavy atom. The SMILES string of the molecule is O=C(c1ccc2c(c1)CNCCCCCCCN2C(=O)c1ccncc1)N1CCOCC1. The van der Waals surface area contributed by atoms with Gasteiger partial charge < -0.3 is 19.9 Å². The Morgan fingerprint density at radius 1 is 0.844 bits per heavy atom. The van der Waals surface area contributed by atoms with Crippen molar-refractivity contribution in [1.82, 2.24) is 15.2 Å². The summed E-state index contributed by atoms with van der Waals surface area (Å²) in [6.07, 6.45) is 8.86. The van der Waals surface area contributed by atoms with Gasteiger partial charge in [-0.2, -0.15) is 0 Å². The van der Waals surface area contributed by atoms with Crippen molar-refractivity contribution in [2.45, 2.75) is 38.6 Å². The van der Waals surface area contributed by atoms with Gasteiger partial charge in [-0.1, -0.05) is 19.3 Å². The molecule has 1 aromatic carbocycles. The number of carbonyl (C=O) groups excluding carboxylic acids is 2. The molecule has 0 atom stereocenters. The number of pyridine rings is 1. The van der Waals surface area contributed by atoms with Gasteiger partial charge in [0.1, 0.15) is 0 Å².